The van der Waals surface area contributed by atoms with Crippen molar-refractivity contribution in [1.29, 1.82) is 0 Å². The van der Waals surface area contributed by atoms with E-state index in [4.69, 9.17) is 4.74 Å². The molecule has 1 rings (SSSR count). The van der Waals surface area contributed by atoms with Crippen LogP contribution >= 0.6 is 0 Å². The van der Waals surface area contributed by atoms with Crippen molar-refractivity contribution in [3.63, 3.8) is 0 Å². The monoisotopic (exact) mass is 216 g/mol. The molecule has 1 fully saturated rings. The van der Waals surface area contributed by atoms with Crippen LogP contribution in [-0.4, -0.2) is 31.0 Å². The Morgan fingerprint density at radius 2 is 1.60 bits per heavy atom. The number of ether oxygens (including phenoxy) is 1. The summed E-state index contributed by atoms with van der Waals surface area (Å²) in [6, 6.07) is -2.29. The molecule has 0 saturated carbocycles. The topological polar surface area (TPSA) is 127 Å². The molecule has 0 aromatic heterocycles. The van der Waals surface area contributed by atoms with Gasteiger partial charge in [0.15, 0.2) is 6.04 Å². The fraction of sp³-hybridized carbons (Fsp3) is 1.00. The summed E-state index contributed by atoms with van der Waals surface area (Å²) in [6.45, 7) is -0.0894. The number of rotatable bonds is 6. The summed E-state index contributed by atoms with van der Waals surface area (Å²) < 4.78 is 4.95. The number of hydrogen-bond donors (Lipinski definition) is 0. The number of hydrogen-bond acceptors (Lipinski definition) is 9. The highest BCUT2D eigenvalue weighted by molar-refractivity contribution is 4.99. The molecule has 0 spiro atoms. The van der Waals surface area contributed by atoms with Gasteiger partial charge in [-0.05, 0) is 11.6 Å². The van der Waals surface area contributed by atoms with E-state index in [9.17, 15) is 19.6 Å². The zero-order chi connectivity index (χ0) is 11.3. The maximum Gasteiger partial charge on any atom is 0.218 e. The average Bonchev–Trinajstić information content (AvgIpc) is 2.62. The molecule has 82 valence electrons. The van der Waals surface area contributed by atoms with E-state index in [2.05, 4.69) is 20.7 Å². The molecular formula is C6H8N4O5. The maximum absolute atomic E-state index is 10.4. The minimum atomic E-state index is -1.30. The third kappa shape index (κ3) is 2.24. The van der Waals surface area contributed by atoms with Gasteiger partial charge in [-0.3, -0.25) is 0 Å². The summed E-state index contributed by atoms with van der Waals surface area (Å²) in [4.78, 5) is 40.9. The van der Waals surface area contributed by atoms with Gasteiger partial charge in [-0.2, -0.15) is 14.7 Å². The highest BCUT2D eigenvalue weighted by Crippen LogP contribution is 2.29. The summed E-state index contributed by atoms with van der Waals surface area (Å²) >= 11 is 0. The van der Waals surface area contributed by atoms with Gasteiger partial charge in [0, 0.05) is 0 Å². The van der Waals surface area contributed by atoms with Crippen LogP contribution in [0.15, 0.2) is 20.7 Å². The van der Waals surface area contributed by atoms with Gasteiger partial charge < -0.3 is 4.74 Å². The molecule has 15 heavy (non-hydrogen) atoms. The van der Waals surface area contributed by atoms with Gasteiger partial charge in [-0.15, -0.1) is 4.91 Å². The lowest BCUT2D eigenvalue weighted by Crippen LogP contribution is -2.28. The first-order chi connectivity index (χ1) is 7.28. The zero-order valence-corrected chi connectivity index (χ0v) is 7.55. The van der Waals surface area contributed by atoms with Crippen molar-refractivity contribution in [2.75, 3.05) is 6.54 Å². The quantitative estimate of drug-likeness (QED) is 0.609. The smallest absolute Gasteiger partial charge is 0.218 e. The maximum atomic E-state index is 10.4. The van der Waals surface area contributed by atoms with Gasteiger partial charge in [-0.1, -0.05) is 15.5 Å². The lowest BCUT2D eigenvalue weighted by atomic mass is 10.0. The van der Waals surface area contributed by atoms with Gasteiger partial charge in [0.05, 0.1) is 12.6 Å². The first-order valence-electron chi connectivity index (χ1n) is 4.20. The van der Waals surface area contributed by atoms with E-state index in [1.165, 1.54) is 0 Å². The van der Waals surface area contributed by atoms with E-state index in [1.807, 2.05) is 0 Å². The van der Waals surface area contributed by atoms with Gasteiger partial charge >= 0.3 is 0 Å². The summed E-state index contributed by atoms with van der Waals surface area (Å²) in [5.74, 6) is 0. The van der Waals surface area contributed by atoms with Crippen LogP contribution in [0.4, 0.5) is 0 Å². The molecule has 9 nitrogen and oxygen atoms in total. The minimum Gasteiger partial charge on any atom is -0.345 e. The molecule has 1 saturated heterocycles. The van der Waals surface area contributed by atoms with Crippen molar-refractivity contribution in [1.82, 2.24) is 0 Å². The Hall–Kier alpha value is -1.64. The van der Waals surface area contributed by atoms with Gasteiger partial charge in [0.1, 0.15) is 6.04 Å². The van der Waals surface area contributed by atoms with Crippen molar-refractivity contribution in [3.8, 4) is 0 Å². The van der Waals surface area contributed by atoms with E-state index < -0.39 is 24.4 Å². The Balaban J connectivity index is 2.73. The highest BCUT2D eigenvalue weighted by atomic mass is 16.5. The lowest BCUT2D eigenvalue weighted by Gasteiger charge is -2.09. The molecule has 0 N–H and O–H groups in total. The van der Waals surface area contributed by atoms with Crippen molar-refractivity contribution < 1.29 is 4.74 Å². The summed E-state index contributed by atoms with van der Waals surface area (Å²) in [6.07, 6.45) is -2.00. The molecule has 0 bridgehead atoms. The van der Waals surface area contributed by atoms with Crippen LogP contribution in [0.1, 0.15) is 6.42 Å². The van der Waals surface area contributed by atoms with Crippen LogP contribution in [-0.2, 0) is 4.74 Å². The predicted molar refractivity (Wildman–Crippen MR) is 48.9 cm³/mol. The van der Waals surface area contributed by atoms with E-state index in [0.29, 0.717) is 0 Å². The molecule has 1 aliphatic heterocycles. The van der Waals surface area contributed by atoms with Gasteiger partial charge in [0.25, 0.3) is 0 Å². The van der Waals surface area contributed by atoms with E-state index >= 15 is 0 Å². The third-order valence-electron chi connectivity index (χ3n) is 2.19. The van der Waals surface area contributed by atoms with Crippen LogP contribution in [0.25, 0.3) is 0 Å². The predicted octanol–water partition coefficient (Wildman–Crippen LogP) is 0.904. The molecule has 9 heteroatoms. The summed E-state index contributed by atoms with van der Waals surface area (Å²) in [5, 5.41) is 10.3. The normalized spacial score (nSPS) is 34.7. The van der Waals surface area contributed by atoms with Crippen LogP contribution in [0.2, 0.25) is 0 Å². The third-order valence-corrected chi connectivity index (χ3v) is 2.19. The fourth-order valence-electron chi connectivity index (χ4n) is 1.48. The molecule has 1 unspecified atom stereocenters. The first-order valence-corrected chi connectivity index (χ1v) is 4.20. The zero-order valence-electron chi connectivity index (χ0n) is 7.55. The summed E-state index contributed by atoms with van der Waals surface area (Å²) in [5.41, 5.74) is 0. The SMILES string of the molecule is O=NCC[C@H]1OC(N=O)[C@@H](N=O)[C@H]1N=O. The Kier molecular flexibility index (Phi) is 4.03. The van der Waals surface area contributed by atoms with E-state index in [-0.39, 0.29) is 13.0 Å². The second-order valence-corrected chi connectivity index (χ2v) is 3.00. The second-order valence-electron chi connectivity index (χ2n) is 3.00. The Bertz CT molecular complexity index is 272. The standard InChI is InChI=1S/C6H8N4O5/c11-7-2-1-3-4(8-12)5(9-13)6(10-14)15-3/h3-6H,1-2H2/t3-,4+,5+,6?/m1/s1. The lowest BCUT2D eigenvalue weighted by molar-refractivity contribution is 0.0402. The number of nitrogens with zero attached hydrogens (tertiary/aromatic N) is 4. The van der Waals surface area contributed by atoms with Crippen molar-refractivity contribution in [2.45, 2.75) is 30.8 Å². The molecule has 1 aliphatic rings. The average molecular weight is 216 g/mol. The van der Waals surface area contributed by atoms with Gasteiger partial charge in [0.2, 0.25) is 6.23 Å². The Morgan fingerprint density at radius 1 is 0.933 bits per heavy atom. The van der Waals surface area contributed by atoms with E-state index in [0.717, 1.165) is 0 Å². The largest absolute Gasteiger partial charge is 0.345 e. The van der Waals surface area contributed by atoms with Crippen molar-refractivity contribution in [3.05, 3.63) is 19.6 Å². The second kappa shape index (κ2) is 5.29. The Labute approximate surface area is 83.5 Å². The van der Waals surface area contributed by atoms with Crippen molar-refractivity contribution >= 4 is 0 Å². The molecule has 1 heterocycles. The van der Waals surface area contributed by atoms with Crippen LogP contribution in [0.5, 0.6) is 0 Å². The van der Waals surface area contributed by atoms with E-state index in [1.54, 1.807) is 0 Å². The van der Waals surface area contributed by atoms with Gasteiger partial charge in [-0.25, -0.2) is 0 Å². The molecule has 0 aliphatic carbocycles. The fourth-order valence-corrected chi connectivity index (χ4v) is 1.48. The highest BCUT2D eigenvalue weighted by Gasteiger charge is 2.48. The molecule has 0 aromatic rings. The molecule has 0 aromatic carbocycles. The van der Waals surface area contributed by atoms with Crippen LogP contribution in [0.3, 0.4) is 0 Å². The molecular weight excluding hydrogens is 208 g/mol. The van der Waals surface area contributed by atoms with Crippen molar-refractivity contribution in [2.24, 2.45) is 20.7 Å². The number of nitroso groups, excluding NO2 is 4. The minimum absolute atomic E-state index is 0.0894. The van der Waals surface area contributed by atoms with Crippen LogP contribution < -0.4 is 0 Å². The first kappa shape index (κ1) is 11.4. The molecule has 0 radical (unpaired) electrons. The summed E-state index contributed by atoms with van der Waals surface area (Å²) in [7, 11) is 0. The Morgan fingerprint density at radius 3 is 2.07 bits per heavy atom. The molecule has 4 atom stereocenters. The van der Waals surface area contributed by atoms with Crippen LogP contribution in [0, 0.1) is 19.6 Å². The molecule has 0 amide bonds.